The SMILES string of the molecule is COc1ccc(C(OC[C@@]23CC[C@@H]([C@H](n4ccc(=O)[nH]c4=O)O2)[C@@H]3OP(OCCC#N)N(C(C)C)C(C)C)(c2ccccc2)c2ccc(OC)cc2)cc1. The second-order valence-electron chi connectivity index (χ2n) is 14.2. The van der Waals surface area contributed by atoms with Crippen LogP contribution in [0.15, 0.2) is 101 Å². The van der Waals surface area contributed by atoms with Crippen molar-refractivity contribution < 1.29 is 28.0 Å². The fourth-order valence-corrected chi connectivity index (χ4v) is 9.64. The van der Waals surface area contributed by atoms with E-state index in [-0.39, 0.29) is 37.6 Å². The largest absolute Gasteiger partial charge is 0.497 e. The first-order valence-corrected chi connectivity index (χ1v) is 19.4. The van der Waals surface area contributed by atoms with Crippen molar-refractivity contribution in [2.75, 3.05) is 27.4 Å². The summed E-state index contributed by atoms with van der Waals surface area (Å²) in [6, 6.07) is 29.3. The summed E-state index contributed by atoms with van der Waals surface area (Å²) in [6.07, 6.45) is 1.61. The molecule has 2 heterocycles. The van der Waals surface area contributed by atoms with Crippen molar-refractivity contribution in [1.82, 2.24) is 14.2 Å². The van der Waals surface area contributed by atoms with Crippen molar-refractivity contribution >= 4 is 8.53 Å². The van der Waals surface area contributed by atoms with Crippen LogP contribution < -0.4 is 20.7 Å². The van der Waals surface area contributed by atoms with Crippen LogP contribution in [0.2, 0.25) is 0 Å². The minimum atomic E-state index is -1.68. The topological polar surface area (TPSA) is 137 Å². The minimum Gasteiger partial charge on any atom is -0.497 e. The van der Waals surface area contributed by atoms with E-state index in [1.54, 1.807) is 14.2 Å². The van der Waals surface area contributed by atoms with Crippen LogP contribution in [0.1, 0.15) is 69.9 Å². The molecule has 13 heteroatoms. The molecule has 1 aliphatic carbocycles. The Morgan fingerprint density at radius 2 is 1.52 bits per heavy atom. The van der Waals surface area contributed by atoms with Crippen molar-refractivity contribution in [2.24, 2.45) is 5.92 Å². The van der Waals surface area contributed by atoms with Crippen LogP contribution in [0, 0.1) is 17.2 Å². The van der Waals surface area contributed by atoms with Gasteiger partial charge in [0.05, 0.1) is 39.9 Å². The number of hydrogen-bond donors (Lipinski definition) is 1. The number of H-pyrrole nitrogens is 1. The zero-order chi connectivity index (χ0) is 38.5. The van der Waals surface area contributed by atoms with E-state index in [1.807, 2.05) is 78.9 Å². The Balaban J connectivity index is 1.48. The van der Waals surface area contributed by atoms with Crippen molar-refractivity contribution in [1.29, 1.82) is 5.26 Å². The minimum absolute atomic E-state index is 0.0684. The number of aromatic nitrogens is 2. The quantitative estimate of drug-likeness (QED) is 0.0688. The molecule has 5 atom stereocenters. The first-order chi connectivity index (χ1) is 26.1. The van der Waals surface area contributed by atoms with Crippen molar-refractivity contribution in [3.05, 3.63) is 129 Å². The molecular formula is C41H49N4O8P. The van der Waals surface area contributed by atoms with Gasteiger partial charge >= 0.3 is 5.69 Å². The molecule has 1 unspecified atom stereocenters. The lowest BCUT2D eigenvalue weighted by molar-refractivity contribution is -0.167. The van der Waals surface area contributed by atoms with E-state index in [1.165, 1.54) is 16.8 Å². The third-order valence-corrected chi connectivity index (χ3v) is 12.3. The maximum atomic E-state index is 13.2. The molecule has 1 saturated heterocycles. The van der Waals surface area contributed by atoms with Gasteiger partial charge in [0, 0.05) is 30.3 Å². The smallest absolute Gasteiger partial charge is 0.330 e. The molecule has 2 aliphatic rings. The van der Waals surface area contributed by atoms with Gasteiger partial charge in [-0.15, -0.1) is 0 Å². The Morgan fingerprint density at radius 3 is 2.06 bits per heavy atom. The van der Waals surface area contributed by atoms with Crippen LogP contribution in [0.5, 0.6) is 11.5 Å². The maximum absolute atomic E-state index is 13.2. The van der Waals surface area contributed by atoms with E-state index in [0.29, 0.717) is 24.3 Å². The lowest BCUT2D eigenvalue weighted by Gasteiger charge is -2.42. The second kappa shape index (κ2) is 17.0. The zero-order valence-corrected chi connectivity index (χ0v) is 32.5. The van der Waals surface area contributed by atoms with Gasteiger partial charge in [0.2, 0.25) is 0 Å². The Kier molecular flexibility index (Phi) is 12.4. The molecule has 1 aliphatic heterocycles. The highest BCUT2D eigenvalue weighted by atomic mass is 31.2. The van der Waals surface area contributed by atoms with Gasteiger partial charge in [-0.2, -0.15) is 5.26 Å². The molecule has 6 rings (SSSR count). The molecule has 2 bridgehead atoms. The monoisotopic (exact) mass is 756 g/mol. The number of methoxy groups -OCH3 is 2. The highest BCUT2D eigenvalue weighted by Gasteiger charge is 2.63. The van der Waals surface area contributed by atoms with Gasteiger partial charge in [-0.1, -0.05) is 54.6 Å². The number of aromatic amines is 1. The van der Waals surface area contributed by atoms with E-state index in [4.69, 9.17) is 28.0 Å². The van der Waals surface area contributed by atoms with Gasteiger partial charge in [-0.3, -0.25) is 14.3 Å². The Bertz CT molecular complexity index is 1940. The zero-order valence-electron chi connectivity index (χ0n) is 31.6. The molecule has 12 nitrogen and oxygen atoms in total. The molecule has 3 aromatic carbocycles. The predicted octanol–water partition coefficient (Wildman–Crippen LogP) is 6.90. The van der Waals surface area contributed by atoms with Crippen LogP contribution in [0.4, 0.5) is 0 Å². The summed E-state index contributed by atoms with van der Waals surface area (Å²) >= 11 is 0. The van der Waals surface area contributed by atoms with Gasteiger partial charge in [0.15, 0.2) is 0 Å². The van der Waals surface area contributed by atoms with Crippen molar-refractivity contribution in [2.45, 2.75) is 82.6 Å². The number of nitriles is 1. The van der Waals surface area contributed by atoms with Gasteiger partial charge in [0.25, 0.3) is 14.1 Å². The first kappa shape index (κ1) is 39.4. The number of fused-ring (bicyclic) bond motifs is 2. The Hall–Kier alpha value is -4.34. The highest BCUT2D eigenvalue weighted by molar-refractivity contribution is 7.44. The molecule has 0 spiro atoms. The van der Waals surface area contributed by atoms with Crippen molar-refractivity contribution in [3.63, 3.8) is 0 Å². The fraction of sp³-hybridized carbons (Fsp3) is 0.439. The molecule has 1 saturated carbocycles. The van der Waals surface area contributed by atoms with Crippen LogP contribution >= 0.6 is 8.53 Å². The standard InChI is InChI=1S/C41H49N4O8P/c1-28(2)45(29(3)4)54(51-26-10-24-42)53-37-35-21-23-40(37,52-38(35)44-25-22-36(46)43-39(44)47)27-50-41(30-11-8-7-9-12-30,31-13-17-33(48-5)18-14-31)32-15-19-34(49-6)20-16-32/h7-9,11-20,22,25,28-29,35,37-38H,10,21,23,26-27H2,1-6H3,(H,43,46,47)/t35-,37+,38-,40-,54?/m1/s1. The lowest BCUT2D eigenvalue weighted by atomic mass is 9.79. The molecule has 1 aromatic heterocycles. The van der Waals surface area contributed by atoms with E-state index in [2.05, 4.69) is 43.4 Å². The average Bonchev–Trinajstić information content (AvgIpc) is 3.66. The number of hydrogen-bond acceptors (Lipinski definition) is 10. The summed E-state index contributed by atoms with van der Waals surface area (Å²) < 4.78 is 42.6. The normalized spacial score (nSPS) is 21.4. The van der Waals surface area contributed by atoms with Crippen LogP contribution in [0.3, 0.4) is 0 Å². The van der Waals surface area contributed by atoms with Gasteiger partial charge in [-0.05, 0) is 81.5 Å². The first-order valence-electron chi connectivity index (χ1n) is 18.3. The van der Waals surface area contributed by atoms with Crippen molar-refractivity contribution in [3.8, 4) is 17.6 Å². The van der Waals surface area contributed by atoms with E-state index in [0.717, 1.165) is 16.7 Å². The maximum Gasteiger partial charge on any atom is 0.330 e. The average molecular weight is 757 g/mol. The summed E-state index contributed by atoms with van der Waals surface area (Å²) in [5, 5.41) is 9.36. The number of nitrogens with zero attached hydrogens (tertiary/aromatic N) is 3. The Labute approximate surface area is 317 Å². The van der Waals surface area contributed by atoms with E-state index >= 15 is 0 Å². The fourth-order valence-electron chi connectivity index (χ4n) is 7.79. The summed E-state index contributed by atoms with van der Waals surface area (Å²) in [7, 11) is 1.59. The molecule has 0 radical (unpaired) electrons. The number of ether oxygens (including phenoxy) is 4. The van der Waals surface area contributed by atoms with Crippen LogP contribution in [-0.4, -0.2) is 65.4 Å². The number of benzene rings is 3. The second-order valence-corrected chi connectivity index (χ2v) is 15.6. The van der Waals surface area contributed by atoms with Crippen LogP contribution in [0.25, 0.3) is 0 Å². The summed E-state index contributed by atoms with van der Waals surface area (Å²) in [5.41, 5.74) is -0.612. The van der Waals surface area contributed by atoms with Crippen LogP contribution in [-0.2, 0) is 24.1 Å². The molecular weight excluding hydrogens is 707 g/mol. The Morgan fingerprint density at radius 1 is 0.926 bits per heavy atom. The highest BCUT2D eigenvalue weighted by Crippen LogP contribution is 2.60. The molecule has 54 heavy (non-hydrogen) atoms. The van der Waals surface area contributed by atoms with Gasteiger partial charge in [-0.25, -0.2) is 9.46 Å². The summed E-state index contributed by atoms with van der Waals surface area (Å²) in [5.74, 6) is 1.13. The van der Waals surface area contributed by atoms with E-state index in [9.17, 15) is 14.9 Å². The molecule has 2 fully saturated rings. The van der Waals surface area contributed by atoms with E-state index < -0.39 is 43.3 Å². The number of nitrogens with one attached hydrogen (secondary N) is 1. The predicted molar refractivity (Wildman–Crippen MR) is 205 cm³/mol. The third kappa shape index (κ3) is 7.76. The van der Waals surface area contributed by atoms with Gasteiger partial charge in [0.1, 0.15) is 35.0 Å². The molecule has 0 amide bonds. The van der Waals surface area contributed by atoms with Gasteiger partial charge < -0.3 is 28.0 Å². The molecule has 286 valence electrons. The third-order valence-electron chi connectivity index (χ3n) is 10.2. The molecule has 1 N–H and O–H groups in total. The lowest BCUT2D eigenvalue weighted by Crippen LogP contribution is -2.47. The number of rotatable bonds is 17. The molecule has 4 aromatic rings. The summed E-state index contributed by atoms with van der Waals surface area (Å²) in [4.78, 5) is 27.7. The summed E-state index contributed by atoms with van der Waals surface area (Å²) in [6.45, 7) is 8.63.